The highest BCUT2D eigenvalue weighted by Crippen LogP contribution is 2.08. The number of carbonyl (C=O) groups excluding carboxylic acids is 1. The monoisotopic (exact) mass is 365 g/mol. The first kappa shape index (κ1) is 20.8. The summed E-state index contributed by atoms with van der Waals surface area (Å²) >= 11 is 5.86. The minimum absolute atomic E-state index is 0.194. The number of benzene rings is 1. The zero-order valence-electron chi connectivity index (χ0n) is 14.8. The standard InChI is InChI=1S/C18H24ClN3O3/c1-18(2,3)25-17(23)21-16(12-20)10-9-15(11-19)22-24-13-14-7-5-4-6-8-14/h4-8,16H,9-11,13H2,1-3H3,(H,21,23)/b22-15+/t16-/m0/s1. The number of ether oxygens (including phenoxy) is 1. The molecule has 0 aliphatic rings. The van der Waals surface area contributed by atoms with Crippen LogP contribution in [-0.4, -0.2) is 29.3 Å². The van der Waals surface area contributed by atoms with Crippen LogP contribution in [0.4, 0.5) is 4.79 Å². The van der Waals surface area contributed by atoms with Crippen LogP contribution in [0.3, 0.4) is 0 Å². The molecule has 0 aromatic heterocycles. The number of hydrogen-bond acceptors (Lipinski definition) is 5. The lowest BCUT2D eigenvalue weighted by Crippen LogP contribution is -2.38. The number of carbonyl (C=O) groups is 1. The van der Waals surface area contributed by atoms with Crippen LogP contribution in [0.25, 0.3) is 0 Å². The summed E-state index contributed by atoms with van der Waals surface area (Å²) in [6, 6.07) is 11.0. The Balaban J connectivity index is 2.44. The average Bonchev–Trinajstić information content (AvgIpc) is 2.55. The summed E-state index contributed by atoms with van der Waals surface area (Å²) in [5, 5.41) is 15.7. The molecule has 0 heterocycles. The first-order valence-corrected chi connectivity index (χ1v) is 8.54. The third kappa shape index (κ3) is 9.58. The van der Waals surface area contributed by atoms with E-state index in [-0.39, 0.29) is 5.88 Å². The van der Waals surface area contributed by atoms with Crippen molar-refractivity contribution in [2.24, 2.45) is 5.16 Å². The fourth-order valence-corrected chi connectivity index (χ4v) is 2.02. The van der Waals surface area contributed by atoms with Gasteiger partial charge in [-0.1, -0.05) is 35.5 Å². The summed E-state index contributed by atoms with van der Waals surface area (Å²) in [4.78, 5) is 17.0. The first-order chi connectivity index (χ1) is 11.8. The third-order valence-corrected chi connectivity index (χ3v) is 3.30. The van der Waals surface area contributed by atoms with Crippen molar-refractivity contribution in [3.8, 4) is 6.07 Å². The van der Waals surface area contributed by atoms with E-state index in [0.717, 1.165) is 5.56 Å². The van der Waals surface area contributed by atoms with Crippen LogP contribution in [0.15, 0.2) is 35.5 Å². The number of alkyl halides is 1. The number of rotatable bonds is 8. The summed E-state index contributed by atoms with van der Waals surface area (Å²) in [5.74, 6) is 0.194. The maximum absolute atomic E-state index is 11.7. The van der Waals surface area contributed by atoms with Crippen LogP contribution in [0, 0.1) is 11.3 Å². The van der Waals surface area contributed by atoms with E-state index < -0.39 is 17.7 Å². The largest absolute Gasteiger partial charge is 0.444 e. The number of nitrogens with zero attached hydrogens (tertiary/aromatic N) is 2. The van der Waals surface area contributed by atoms with Crippen molar-refractivity contribution in [2.75, 3.05) is 5.88 Å². The Morgan fingerprint density at radius 1 is 1.36 bits per heavy atom. The maximum Gasteiger partial charge on any atom is 0.408 e. The van der Waals surface area contributed by atoms with Crippen LogP contribution in [0.1, 0.15) is 39.2 Å². The van der Waals surface area contributed by atoms with Crippen LogP contribution in [0.2, 0.25) is 0 Å². The summed E-state index contributed by atoms with van der Waals surface area (Å²) < 4.78 is 5.13. The second-order valence-corrected chi connectivity index (χ2v) is 6.68. The molecule has 0 aliphatic heterocycles. The van der Waals surface area contributed by atoms with Gasteiger partial charge >= 0.3 is 6.09 Å². The van der Waals surface area contributed by atoms with Gasteiger partial charge in [0.15, 0.2) is 0 Å². The maximum atomic E-state index is 11.7. The quantitative estimate of drug-likeness (QED) is 0.428. The highest BCUT2D eigenvalue weighted by atomic mass is 35.5. The highest BCUT2D eigenvalue weighted by Gasteiger charge is 2.19. The van der Waals surface area contributed by atoms with Gasteiger partial charge in [-0.2, -0.15) is 5.26 Å². The molecule has 136 valence electrons. The molecular formula is C18H24ClN3O3. The second-order valence-electron chi connectivity index (χ2n) is 6.42. The van der Waals surface area contributed by atoms with E-state index in [0.29, 0.717) is 25.2 Å². The molecule has 0 saturated heterocycles. The van der Waals surface area contributed by atoms with Gasteiger partial charge in [-0.15, -0.1) is 11.6 Å². The number of oxime groups is 1. The van der Waals surface area contributed by atoms with Crippen molar-refractivity contribution in [1.82, 2.24) is 5.32 Å². The topological polar surface area (TPSA) is 83.7 Å². The van der Waals surface area contributed by atoms with Crippen molar-refractivity contribution in [1.29, 1.82) is 5.26 Å². The molecule has 0 radical (unpaired) electrons. The van der Waals surface area contributed by atoms with Crippen molar-refractivity contribution in [3.63, 3.8) is 0 Å². The SMILES string of the molecule is CC(C)(C)OC(=O)N[C@H](C#N)CC/C(CCl)=N\OCc1ccccc1. The molecule has 1 aromatic rings. The molecule has 25 heavy (non-hydrogen) atoms. The van der Waals surface area contributed by atoms with Gasteiger partial charge in [-0.05, 0) is 39.2 Å². The fourth-order valence-electron chi connectivity index (χ4n) is 1.84. The Hall–Kier alpha value is -2.26. The molecule has 1 atom stereocenters. The van der Waals surface area contributed by atoms with Crippen LogP contribution in [-0.2, 0) is 16.2 Å². The molecule has 0 aliphatic carbocycles. The Kier molecular flexibility index (Phi) is 8.79. The lowest BCUT2D eigenvalue weighted by Gasteiger charge is -2.21. The number of amides is 1. The van der Waals surface area contributed by atoms with Crippen molar-refractivity contribution in [3.05, 3.63) is 35.9 Å². The number of nitrogens with one attached hydrogen (secondary N) is 1. The zero-order valence-corrected chi connectivity index (χ0v) is 15.5. The van der Waals surface area contributed by atoms with Crippen LogP contribution in [0.5, 0.6) is 0 Å². The van der Waals surface area contributed by atoms with Crippen LogP contribution < -0.4 is 5.32 Å². The fraction of sp³-hybridized carbons (Fsp3) is 0.500. The van der Waals surface area contributed by atoms with Gasteiger partial charge in [0.25, 0.3) is 0 Å². The number of halogens is 1. The van der Waals surface area contributed by atoms with E-state index in [4.69, 9.17) is 26.4 Å². The minimum atomic E-state index is -0.683. The Morgan fingerprint density at radius 2 is 2.04 bits per heavy atom. The molecule has 0 bridgehead atoms. The van der Waals surface area contributed by atoms with E-state index in [2.05, 4.69) is 10.5 Å². The van der Waals surface area contributed by atoms with Gasteiger partial charge in [-0.3, -0.25) is 0 Å². The van der Waals surface area contributed by atoms with E-state index in [1.54, 1.807) is 20.8 Å². The number of hydrogen-bond donors (Lipinski definition) is 1. The van der Waals surface area contributed by atoms with E-state index in [9.17, 15) is 4.79 Å². The van der Waals surface area contributed by atoms with Crippen molar-refractivity contribution < 1.29 is 14.4 Å². The van der Waals surface area contributed by atoms with Gasteiger partial charge in [-0.25, -0.2) is 4.79 Å². The van der Waals surface area contributed by atoms with Gasteiger partial charge in [0, 0.05) is 0 Å². The molecule has 0 spiro atoms. The lowest BCUT2D eigenvalue weighted by molar-refractivity contribution is 0.0514. The molecule has 1 N–H and O–H groups in total. The smallest absolute Gasteiger partial charge is 0.408 e. The molecule has 0 saturated carbocycles. The van der Waals surface area contributed by atoms with Gasteiger partial charge in [0.2, 0.25) is 0 Å². The van der Waals surface area contributed by atoms with E-state index in [1.807, 2.05) is 36.4 Å². The molecule has 1 aromatic carbocycles. The first-order valence-electron chi connectivity index (χ1n) is 8.01. The summed E-state index contributed by atoms with van der Waals surface area (Å²) in [5.41, 5.74) is 1.00. The second kappa shape index (κ2) is 10.6. The Morgan fingerprint density at radius 3 is 2.60 bits per heavy atom. The summed E-state index contributed by atoms with van der Waals surface area (Å²) in [6.07, 6.45) is 0.186. The molecule has 1 amide bonds. The number of nitriles is 1. The Labute approximate surface area is 153 Å². The summed E-state index contributed by atoms with van der Waals surface area (Å²) in [6.45, 7) is 5.63. The molecule has 1 rings (SSSR count). The molecule has 0 unspecified atom stereocenters. The zero-order chi connectivity index (χ0) is 18.7. The molecular weight excluding hydrogens is 342 g/mol. The minimum Gasteiger partial charge on any atom is -0.444 e. The van der Waals surface area contributed by atoms with Crippen molar-refractivity contribution >= 4 is 23.4 Å². The van der Waals surface area contributed by atoms with Crippen LogP contribution >= 0.6 is 11.6 Å². The van der Waals surface area contributed by atoms with E-state index >= 15 is 0 Å². The predicted molar refractivity (Wildman–Crippen MR) is 97.4 cm³/mol. The highest BCUT2D eigenvalue weighted by molar-refractivity contribution is 6.28. The average molecular weight is 366 g/mol. The summed E-state index contributed by atoms with van der Waals surface area (Å²) in [7, 11) is 0. The Bertz CT molecular complexity index is 606. The molecule has 6 nitrogen and oxygen atoms in total. The van der Waals surface area contributed by atoms with Gasteiger partial charge in [0.1, 0.15) is 18.2 Å². The molecule has 7 heteroatoms. The van der Waals surface area contributed by atoms with Gasteiger partial charge in [0.05, 0.1) is 17.7 Å². The van der Waals surface area contributed by atoms with Gasteiger partial charge < -0.3 is 14.9 Å². The predicted octanol–water partition coefficient (Wildman–Crippen LogP) is 4.00. The van der Waals surface area contributed by atoms with Crippen molar-refractivity contribution in [2.45, 2.75) is 51.9 Å². The normalized spacial score (nSPS) is 12.8. The lowest BCUT2D eigenvalue weighted by atomic mass is 10.1. The third-order valence-electron chi connectivity index (χ3n) is 2.99. The molecule has 0 fully saturated rings. The van der Waals surface area contributed by atoms with E-state index in [1.165, 1.54) is 0 Å². The number of alkyl carbamates (subject to hydrolysis) is 1.